The first-order chi connectivity index (χ1) is 8.27. The first-order valence-electron chi connectivity index (χ1n) is 6.63. The van der Waals surface area contributed by atoms with E-state index in [1.54, 1.807) is 7.11 Å². The maximum Gasteiger partial charge on any atom is 0.123 e. The molecule has 0 spiro atoms. The number of rotatable bonds is 8. The van der Waals surface area contributed by atoms with Crippen LogP contribution in [0.25, 0.3) is 0 Å². The van der Waals surface area contributed by atoms with Crippen LogP contribution in [0.15, 0.2) is 24.3 Å². The molecular formula is C15H25NO. The summed E-state index contributed by atoms with van der Waals surface area (Å²) in [4.78, 5) is 0. The van der Waals surface area contributed by atoms with Crippen LogP contribution >= 0.6 is 0 Å². The van der Waals surface area contributed by atoms with Crippen molar-refractivity contribution in [3.05, 3.63) is 29.8 Å². The molecule has 0 aliphatic heterocycles. The lowest BCUT2D eigenvalue weighted by molar-refractivity contribution is 0.404. The van der Waals surface area contributed by atoms with Gasteiger partial charge in [-0.1, -0.05) is 44.4 Å². The van der Waals surface area contributed by atoms with Crippen molar-refractivity contribution < 1.29 is 4.74 Å². The Bertz CT molecular complexity index is 312. The van der Waals surface area contributed by atoms with E-state index in [1.165, 1.54) is 31.2 Å². The van der Waals surface area contributed by atoms with Gasteiger partial charge in [-0.3, -0.25) is 0 Å². The molecule has 1 aromatic carbocycles. The van der Waals surface area contributed by atoms with Gasteiger partial charge in [-0.25, -0.2) is 0 Å². The molecule has 0 saturated heterocycles. The van der Waals surface area contributed by atoms with Crippen molar-refractivity contribution in [3.63, 3.8) is 0 Å². The maximum atomic E-state index is 5.34. The SMILES string of the molecule is CCCCC[C@H](C)NCc1ccccc1OC. The molecule has 1 rings (SSSR count). The number of hydrogen-bond donors (Lipinski definition) is 1. The lowest BCUT2D eigenvalue weighted by Gasteiger charge is -2.15. The fraction of sp³-hybridized carbons (Fsp3) is 0.600. The van der Waals surface area contributed by atoms with Crippen LogP contribution in [0.3, 0.4) is 0 Å². The van der Waals surface area contributed by atoms with Crippen molar-refractivity contribution in [1.29, 1.82) is 0 Å². The molecule has 0 unspecified atom stereocenters. The van der Waals surface area contributed by atoms with E-state index in [0.717, 1.165) is 12.3 Å². The molecule has 0 saturated carbocycles. The van der Waals surface area contributed by atoms with Gasteiger partial charge in [-0.05, 0) is 19.4 Å². The molecule has 2 nitrogen and oxygen atoms in total. The van der Waals surface area contributed by atoms with Crippen molar-refractivity contribution in [1.82, 2.24) is 5.32 Å². The van der Waals surface area contributed by atoms with Gasteiger partial charge in [0.1, 0.15) is 5.75 Å². The molecule has 1 aromatic rings. The predicted molar refractivity (Wildman–Crippen MR) is 73.4 cm³/mol. The van der Waals surface area contributed by atoms with Crippen molar-refractivity contribution in [3.8, 4) is 5.75 Å². The largest absolute Gasteiger partial charge is 0.496 e. The molecule has 2 heteroatoms. The summed E-state index contributed by atoms with van der Waals surface area (Å²) >= 11 is 0. The molecule has 0 radical (unpaired) electrons. The van der Waals surface area contributed by atoms with Gasteiger partial charge in [0.2, 0.25) is 0 Å². The van der Waals surface area contributed by atoms with E-state index in [-0.39, 0.29) is 0 Å². The molecule has 1 N–H and O–H groups in total. The van der Waals surface area contributed by atoms with Gasteiger partial charge in [0.05, 0.1) is 7.11 Å². The Labute approximate surface area is 105 Å². The molecule has 0 amide bonds. The van der Waals surface area contributed by atoms with Crippen molar-refractivity contribution in [2.45, 2.75) is 52.1 Å². The number of methoxy groups -OCH3 is 1. The quantitative estimate of drug-likeness (QED) is 0.693. The van der Waals surface area contributed by atoms with Crippen LogP contribution in [-0.4, -0.2) is 13.2 Å². The lowest BCUT2D eigenvalue weighted by Crippen LogP contribution is -2.25. The average Bonchev–Trinajstić information content (AvgIpc) is 2.37. The zero-order chi connectivity index (χ0) is 12.5. The van der Waals surface area contributed by atoms with Gasteiger partial charge in [0.15, 0.2) is 0 Å². The number of para-hydroxylation sites is 1. The summed E-state index contributed by atoms with van der Waals surface area (Å²) in [5, 5.41) is 3.55. The molecule has 0 aliphatic rings. The summed E-state index contributed by atoms with van der Waals surface area (Å²) in [6.07, 6.45) is 5.19. The fourth-order valence-corrected chi connectivity index (χ4v) is 1.94. The predicted octanol–water partition coefficient (Wildman–Crippen LogP) is 3.75. The van der Waals surface area contributed by atoms with E-state index in [1.807, 2.05) is 12.1 Å². The third-order valence-corrected chi connectivity index (χ3v) is 3.07. The Balaban J connectivity index is 2.33. The average molecular weight is 235 g/mol. The minimum absolute atomic E-state index is 0.575. The van der Waals surface area contributed by atoms with Gasteiger partial charge < -0.3 is 10.1 Å². The highest BCUT2D eigenvalue weighted by atomic mass is 16.5. The first-order valence-corrected chi connectivity index (χ1v) is 6.63. The van der Waals surface area contributed by atoms with Crippen molar-refractivity contribution >= 4 is 0 Å². The molecule has 96 valence electrons. The van der Waals surface area contributed by atoms with Crippen molar-refractivity contribution in [2.75, 3.05) is 7.11 Å². The third-order valence-electron chi connectivity index (χ3n) is 3.07. The van der Waals surface area contributed by atoms with E-state index >= 15 is 0 Å². The maximum absolute atomic E-state index is 5.34. The highest BCUT2D eigenvalue weighted by Gasteiger charge is 2.04. The van der Waals surface area contributed by atoms with Gasteiger partial charge in [0.25, 0.3) is 0 Å². The van der Waals surface area contributed by atoms with Gasteiger partial charge >= 0.3 is 0 Å². The highest BCUT2D eigenvalue weighted by Crippen LogP contribution is 2.17. The third kappa shape index (κ3) is 5.22. The molecule has 1 atom stereocenters. The second-order valence-corrected chi connectivity index (χ2v) is 4.59. The number of unbranched alkanes of at least 4 members (excludes halogenated alkanes) is 2. The Morgan fingerprint density at radius 3 is 2.71 bits per heavy atom. The smallest absolute Gasteiger partial charge is 0.123 e. The highest BCUT2D eigenvalue weighted by molar-refractivity contribution is 5.32. The van der Waals surface area contributed by atoms with E-state index < -0.39 is 0 Å². The summed E-state index contributed by atoms with van der Waals surface area (Å²) in [6, 6.07) is 8.77. The van der Waals surface area contributed by atoms with E-state index in [2.05, 4.69) is 31.3 Å². The number of benzene rings is 1. The van der Waals surface area contributed by atoms with Crippen molar-refractivity contribution in [2.24, 2.45) is 0 Å². The van der Waals surface area contributed by atoms with E-state index in [9.17, 15) is 0 Å². The van der Waals surface area contributed by atoms with E-state index in [0.29, 0.717) is 6.04 Å². The fourth-order valence-electron chi connectivity index (χ4n) is 1.94. The number of ether oxygens (including phenoxy) is 1. The summed E-state index contributed by atoms with van der Waals surface area (Å²) in [5.41, 5.74) is 1.23. The topological polar surface area (TPSA) is 21.3 Å². The summed E-state index contributed by atoms with van der Waals surface area (Å²) in [6.45, 7) is 5.38. The molecular weight excluding hydrogens is 210 g/mol. The van der Waals surface area contributed by atoms with Crippen LogP contribution in [0.4, 0.5) is 0 Å². The Morgan fingerprint density at radius 1 is 1.24 bits per heavy atom. The van der Waals surface area contributed by atoms with Crippen LogP contribution in [0.1, 0.15) is 45.1 Å². The van der Waals surface area contributed by atoms with Gasteiger partial charge in [-0.15, -0.1) is 0 Å². The van der Waals surface area contributed by atoms with Crippen LogP contribution in [0, 0.1) is 0 Å². The normalized spacial score (nSPS) is 12.4. The first kappa shape index (κ1) is 14.0. The van der Waals surface area contributed by atoms with Gasteiger partial charge in [-0.2, -0.15) is 0 Å². The zero-order valence-corrected chi connectivity index (χ0v) is 11.3. The second kappa shape index (κ2) is 8.13. The Hall–Kier alpha value is -1.02. The molecule has 0 heterocycles. The Morgan fingerprint density at radius 2 is 2.00 bits per heavy atom. The van der Waals surface area contributed by atoms with Crippen LogP contribution in [0.5, 0.6) is 5.75 Å². The second-order valence-electron chi connectivity index (χ2n) is 4.59. The minimum atomic E-state index is 0.575. The summed E-state index contributed by atoms with van der Waals surface area (Å²) < 4.78 is 5.34. The Kier molecular flexibility index (Phi) is 6.71. The summed E-state index contributed by atoms with van der Waals surface area (Å²) in [7, 11) is 1.73. The van der Waals surface area contributed by atoms with Crippen LogP contribution in [0.2, 0.25) is 0 Å². The summed E-state index contributed by atoms with van der Waals surface area (Å²) in [5.74, 6) is 0.973. The zero-order valence-electron chi connectivity index (χ0n) is 11.3. The number of hydrogen-bond acceptors (Lipinski definition) is 2. The monoisotopic (exact) mass is 235 g/mol. The lowest BCUT2D eigenvalue weighted by atomic mass is 10.1. The van der Waals surface area contributed by atoms with E-state index in [4.69, 9.17) is 4.74 Å². The molecule has 17 heavy (non-hydrogen) atoms. The number of nitrogens with one attached hydrogen (secondary N) is 1. The van der Waals surface area contributed by atoms with Crippen LogP contribution in [-0.2, 0) is 6.54 Å². The molecule has 0 aliphatic carbocycles. The van der Waals surface area contributed by atoms with Crippen LogP contribution < -0.4 is 10.1 Å². The molecule has 0 fully saturated rings. The minimum Gasteiger partial charge on any atom is -0.496 e. The standard InChI is InChI=1S/C15H25NO/c1-4-5-6-9-13(2)16-12-14-10-7-8-11-15(14)17-3/h7-8,10-11,13,16H,4-6,9,12H2,1-3H3/t13-/m0/s1. The molecule has 0 aromatic heterocycles. The van der Waals surface area contributed by atoms with Gasteiger partial charge in [0, 0.05) is 18.2 Å². The molecule has 0 bridgehead atoms.